The zero-order valence-electron chi connectivity index (χ0n) is 9.48. The zero-order valence-corrected chi connectivity index (χ0v) is 9.48. The SMILES string of the molecule is Cc1cccc(C#N)c1N(CCO)C1CC1. The van der Waals surface area contributed by atoms with E-state index in [-0.39, 0.29) is 6.61 Å². The number of benzene rings is 1. The van der Waals surface area contributed by atoms with Crippen LogP contribution >= 0.6 is 0 Å². The molecule has 0 aromatic heterocycles. The van der Waals surface area contributed by atoms with E-state index in [2.05, 4.69) is 11.0 Å². The molecule has 0 unspecified atom stereocenters. The molecule has 1 aliphatic rings. The standard InChI is InChI=1S/C13H16N2O/c1-10-3-2-4-11(9-14)13(10)15(7-8-16)12-5-6-12/h2-4,12,16H,5-8H2,1H3. The van der Waals surface area contributed by atoms with E-state index in [0.717, 1.165) is 11.3 Å². The molecule has 3 nitrogen and oxygen atoms in total. The summed E-state index contributed by atoms with van der Waals surface area (Å²) in [5.74, 6) is 0. The van der Waals surface area contributed by atoms with Gasteiger partial charge in [0.2, 0.25) is 0 Å². The lowest BCUT2D eigenvalue weighted by Gasteiger charge is -2.26. The largest absolute Gasteiger partial charge is 0.395 e. The summed E-state index contributed by atoms with van der Waals surface area (Å²) in [6.07, 6.45) is 2.33. The van der Waals surface area contributed by atoms with Gasteiger partial charge in [-0.05, 0) is 31.4 Å². The molecular formula is C13H16N2O. The highest BCUT2D eigenvalue weighted by molar-refractivity contribution is 5.65. The van der Waals surface area contributed by atoms with Gasteiger partial charge in [0.1, 0.15) is 6.07 Å². The summed E-state index contributed by atoms with van der Waals surface area (Å²) in [5, 5.41) is 18.2. The summed E-state index contributed by atoms with van der Waals surface area (Å²) in [6.45, 7) is 2.77. The number of nitrogens with zero attached hydrogens (tertiary/aromatic N) is 2. The molecule has 2 rings (SSSR count). The van der Waals surface area contributed by atoms with Crippen molar-refractivity contribution < 1.29 is 5.11 Å². The van der Waals surface area contributed by atoms with Gasteiger partial charge in [0.05, 0.1) is 17.9 Å². The molecule has 3 heteroatoms. The molecule has 1 aliphatic carbocycles. The predicted molar refractivity (Wildman–Crippen MR) is 63.3 cm³/mol. The second-order valence-electron chi connectivity index (χ2n) is 4.23. The van der Waals surface area contributed by atoms with Gasteiger partial charge in [0.25, 0.3) is 0 Å². The van der Waals surface area contributed by atoms with Crippen LogP contribution in [-0.4, -0.2) is 24.3 Å². The normalized spacial score (nSPS) is 14.6. The summed E-state index contributed by atoms with van der Waals surface area (Å²) in [7, 11) is 0. The molecule has 0 aliphatic heterocycles. The Labute approximate surface area is 95.9 Å². The Kier molecular flexibility index (Phi) is 3.12. The second kappa shape index (κ2) is 4.54. The van der Waals surface area contributed by atoms with Gasteiger partial charge < -0.3 is 10.0 Å². The molecule has 0 radical (unpaired) electrons. The quantitative estimate of drug-likeness (QED) is 0.835. The molecule has 1 fully saturated rings. The minimum absolute atomic E-state index is 0.135. The maximum absolute atomic E-state index is 9.12. The summed E-state index contributed by atoms with van der Waals surface area (Å²) < 4.78 is 0. The Morgan fingerprint density at radius 2 is 2.25 bits per heavy atom. The van der Waals surface area contributed by atoms with Gasteiger partial charge in [-0.1, -0.05) is 12.1 Å². The topological polar surface area (TPSA) is 47.3 Å². The van der Waals surface area contributed by atoms with Gasteiger partial charge in [0.15, 0.2) is 0 Å². The van der Waals surface area contributed by atoms with Gasteiger partial charge in [-0.3, -0.25) is 0 Å². The number of hydrogen-bond donors (Lipinski definition) is 1. The number of para-hydroxylation sites is 1. The van der Waals surface area contributed by atoms with Crippen molar-refractivity contribution >= 4 is 5.69 Å². The molecule has 0 atom stereocenters. The lowest BCUT2D eigenvalue weighted by atomic mass is 10.1. The summed E-state index contributed by atoms with van der Waals surface area (Å²) in [5.41, 5.74) is 2.82. The van der Waals surface area contributed by atoms with Crippen molar-refractivity contribution in [3.8, 4) is 6.07 Å². The number of nitriles is 1. The maximum Gasteiger partial charge on any atom is 0.101 e. The predicted octanol–water partition coefficient (Wildman–Crippen LogP) is 1.83. The lowest BCUT2D eigenvalue weighted by molar-refractivity contribution is 0.301. The van der Waals surface area contributed by atoms with Crippen molar-refractivity contribution in [2.75, 3.05) is 18.1 Å². The average Bonchev–Trinajstić information content (AvgIpc) is 3.10. The highest BCUT2D eigenvalue weighted by Gasteiger charge is 2.30. The van der Waals surface area contributed by atoms with Crippen molar-refractivity contribution in [1.82, 2.24) is 0 Å². The van der Waals surface area contributed by atoms with Crippen molar-refractivity contribution in [3.05, 3.63) is 29.3 Å². The zero-order chi connectivity index (χ0) is 11.5. The number of aliphatic hydroxyl groups excluding tert-OH is 1. The third-order valence-corrected chi connectivity index (χ3v) is 2.97. The first-order valence-electron chi connectivity index (χ1n) is 5.65. The Hall–Kier alpha value is -1.53. The van der Waals surface area contributed by atoms with Crippen LogP contribution in [0.3, 0.4) is 0 Å². The Morgan fingerprint density at radius 3 is 2.81 bits per heavy atom. The summed E-state index contributed by atoms with van der Waals surface area (Å²) in [4.78, 5) is 2.17. The van der Waals surface area contributed by atoms with Crippen LogP contribution in [0.4, 0.5) is 5.69 Å². The van der Waals surface area contributed by atoms with E-state index in [0.29, 0.717) is 18.2 Å². The number of aryl methyl sites for hydroxylation is 1. The van der Waals surface area contributed by atoms with E-state index in [9.17, 15) is 0 Å². The molecule has 0 bridgehead atoms. The van der Waals surface area contributed by atoms with E-state index in [1.165, 1.54) is 12.8 Å². The fourth-order valence-electron chi connectivity index (χ4n) is 2.10. The fraction of sp³-hybridized carbons (Fsp3) is 0.462. The average molecular weight is 216 g/mol. The Morgan fingerprint density at radius 1 is 1.50 bits per heavy atom. The minimum atomic E-state index is 0.135. The first kappa shape index (κ1) is 11.0. The Balaban J connectivity index is 2.39. The van der Waals surface area contributed by atoms with Gasteiger partial charge in [-0.2, -0.15) is 5.26 Å². The molecule has 1 saturated carbocycles. The van der Waals surface area contributed by atoms with Crippen LogP contribution < -0.4 is 4.90 Å². The first-order chi connectivity index (χ1) is 7.77. The number of hydrogen-bond acceptors (Lipinski definition) is 3. The number of aliphatic hydroxyl groups is 1. The monoisotopic (exact) mass is 216 g/mol. The van der Waals surface area contributed by atoms with Crippen LogP contribution in [0.5, 0.6) is 0 Å². The Bertz CT molecular complexity index is 418. The molecular weight excluding hydrogens is 200 g/mol. The highest BCUT2D eigenvalue weighted by atomic mass is 16.3. The number of rotatable bonds is 4. The summed E-state index contributed by atoms with van der Waals surface area (Å²) in [6, 6.07) is 8.51. The second-order valence-corrected chi connectivity index (χ2v) is 4.23. The van der Waals surface area contributed by atoms with E-state index >= 15 is 0 Å². The molecule has 0 spiro atoms. The van der Waals surface area contributed by atoms with Crippen LogP contribution in [0.2, 0.25) is 0 Å². The molecule has 0 saturated heterocycles. The lowest BCUT2D eigenvalue weighted by Crippen LogP contribution is -2.30. The van der Waals surface area contributed by atoms with Crippen LogP contribution in [0.15, 0.2) is 18.2 Å². The van der Waals surface area contributed by atoms with Crippen molar-refractivity contribution in [1.29, 1.82) is 5.26 Å². The van der Waals surface area contributed by atoms with Crippen LogP contribution in [-0.2, 0) is 0 Å². The van der Waals surface area contributed by atoms with Gasteiger partial charge in [-0.15, -0.1) is 0 Å². The van der Waals surface area contributed by atoms with Crippen LogP contribution in [0.25, 0.3) is 0 Å². The van der Waals surface area contributed by atoms with E-state index in [1.807, 2.05) is 25.1 Å². The summed E-state index contributed by atoms with van der Waals surface area (Å²) >= 11 is 0. The molecule has 84 valence electrons. The van der Waals surface area contributed by atoms with Gasteiger partial charge in [0, 0.05) is 12.6 Å². The molecule has 1 N–H and O–H groups in total. The van der Waals surface area contributed by atoms with Crippen LogP contribution in [0.1, 0.15) is 24.0 Å². The maximum atomic E-state index is 9.12. The highest BCUT2D eigenvalue weighted by Crippen LogP contribution is 2.35. The van der Waals surface area contributed by atoms with Gasteiger partial charge in [-0.25, -0.2) is 0 Å². The first-order valence-corrected chi connectivity index (χ1v) is 5.65. The third kappa shape index (κ3) is 2.02. The molecule has 1 aromatic rings. The molecule has 0 heterocycles. The van der Waals surface area contributed by atoms with E-state index in [1.54, 1.807) is 0 Å². The van der Waals surface area contributed by atoms with Crippen molar-refractivity contribution in [3.63, 3.8) is 0 Å². The third-order valence-electron chi connectivity index (χ3n) is 2.97. The molecule has 16 heavy (non-hydrogen) atoms. The van der Waals surface area contributed by atoms with Crippen molar-refractivity contribution in [2.45, 2.75) is 25.8 Å². The van der Waals surface area contributed by atoms with Crippen molar-refractivity contribution in [2.24, 2.45) is 0 Å². The van der Waals surface area contributed by atoms with Gasteiger partial charge >= 0.3 is 0 Å². The fourth-order valence-corrected chi connectivity index (χ4v) is 2.10. The minimum Gasteiger partial charge on any atom is -0.395 e. The van der Waals surface area contributed by atoms with E-state index < -0.39 is 0 Å². The molecule has 1 aromatic carbocycles. The van der Waals surface area contributed by atoms with E-state index in [4.69, 9.17) is 10.4 Å². The molecule has 0 amide bonds. The smallest absolute Gasteiger partial charge is 0.101 e. The van der Waals surface area contributed by atoms with Crippen LogP contribution in [0, 0.1) is 18.3 Å². The number of anilines is 1.